The van der Waals surface area contributed by atoms with Gasteiger partial charge in [0.15, 0.2) is 0 Å². The third-order valence-electron chi connectivity index (χ3n) is 3.22. The molecule has 0 aliphatic rings. The van der Waals surface area contributed by atoms with E-state index in [1.165, 1.54) is 0 Å². The van der Waals surface area contributed by atoms with Gasteiger partial charge in [-0.1, -0.05) is 6.08 Å². The maximum absolute atomic E-state index is 12.4. The fraction of sp³-hybridized carbons (Fsp3) is 0.308. The molecule has 154 valence electrons. The number of rotatable bonds is 7. The van der Waals surface area contributed by atoms with Gasteiger partial charge in [0.05, 0.1) is 15.9 Å². The third kappa shape index (κ3) is 5.15. The smallest absolute Gasteiger partial charge is 0.373 e. The molecule has 0 atom stereocenters. The van der Waals surface area contributed by atoms with Gasteiger partial charge in [-0.3, -0.25) is 25.7 Å². The van der Waals surface area contributed by atoms with Crippen LogP contribution in [0, 0.1) is 20.2 Å². The van der Waals surface area contributed by atoms with Crippen LogP contribution >= 0.6 is 0 Å². The van der Waals surface area contributed by atoms with Gasteiger partial charge in [0, 0.05) is 18.7 Å². The first-order chi connectivity index (χ1) is 12.7. The van der Waals surface area contributed by atoms with Crippen LogP contribution in [-0.4, -0.2) is 39.1 Å². The second kappa shape index (κ2) is 8.20. The van der Waals surface area contributed by atoms with E-state index in [0.717, 1.165) is 12.1 Å². The average molecular weight is 416 g/mol. The lowest BCUT2D eigenvalue weighted by atomic mass is 9.98. The highest BCUT2D eigenvalue weighted by atomic mass is 19.4. The number of anilines is 1. The second-order valence-corrected chi connectivity index (χ2v) is 5.09. The van der Waals surface area contributed by atoms with Crippen LogP contribution in [0.3, 0.4) is 0 Å². The Bertz CT molecular complexity index is 792. The van der Waals surface area contributed by atoms with E-state index in [1.807, 2.05) is 0 Å². The molecule has 0 bridgehead atoms. The molecule has 0 aromatic heterocycles. The van der Waals surface area contributed by atoms with E-state index in [4.69, 9.17) is 5.11 Å². The van der Waals surface area contributed by atoms with Crippen molar-refractivity contribution in [3.8, 4) is 0 Å². The van der Waals surface area contributed by atoms with E-state index in [2.05, 4.69) is 10.5 Å². The summed E-state index contributed by atoms with van der Waals surface area (Å²) in [4.78, 5) is 19.6. The minimum atomic E-state index is -5.97. The third-order valence-corrected chi connectivity index (χ3v) is 3.22. The zero-order chi connectivity index (χ0) is 21.8. The summed E-state index contributed by atoms with van der Waals surface area (Å²) in [5.41, 5.74) is -4.52. The summed E-state index contributed by atoms with van der Waals surface area (Å²) >= 11 is 0. The quantitative estimate of drug-likeness (QED) is 0.302. The molecule has 9 nitrogen and oxygen atoms in total. The topological polar surface area (TPSA) is 131 Å². The number of hydrogen-bond donors (Lipinski definition) is 2. The molecule has 0 fully saturated rings. The summed E-state index contributed by atoms with van der Waals surface area (Å²) in [6.45, 7) is 0. The van der Waals surface area contributed by atoms with Crippen molar-refractivity contribution in [3.63, 3.8) is 0 Å². The van der Waals surface area contributed by atoms with Gasteiger partial charge in [0.1, 0.15) is 5.69 Å². The molecule has 0 spiro atoms. The lowest BCUT2D eigenvalue weighted by Gasteiger charge is -2.31. The van der Waals surface area contributed by atoms with Crippen LogP contribution < -0.4 is 5.43 Å². The molecule has 0 heterocycles. The lowest BCUT2D eigenvalue weighted by molar-refractivity contribution is -0.393. The number of nitrogens with one attached hydrogen (secondary N) is 1. The fourth-order valence-corrected chi connectivity index (χ4v) is 1.72. The standard InChI is InChI=1S/C13H10F6N4O5/c14-12(15,16)11(24,13(17,18)19)5-1-2-6-20-21-9-4-3-8(22(25)26)7-10(9)23(27)28/h1-4,6-7,21,24H,5H2/b2-1+,20-6+. The summed E-state index contributed by atoms with van der Waals surface area (Å²) in [5.74, 6) is 0. The predicted molar refractivity (Wildman–Crippen MR) is 82.7 cm³/mol. The van der Waals surface area contributed by atoms with Crippen LogP contribution in [0.4, 0.5) is 43.4 Å². The van der Waals surface area contributed by atoms with Gasteiger partial charge < -0.3 is 5.11 Å². The van der Waals surface area contributed by atoms with Crippen molar-refractivity contribution in [1.29, 1.82) is 0 Å². The Kier molecular flexibility index (Phi) is 6.68. The highest BCUT2D eigenvalue weighted by molar-refractivity contribution is 5.73. The van der Waals surface area contributed by atoms with Gasteiger partial charge in [-0.2, -0.15) is 31.4 Å². The number of hydrazone groups is 1. The Morgan fingerprint density at radius 3 is 2.11 bits per heavy atom. The molecular weight excluding hydrogens is 406 g/mol. The lowest BCUT2D eigenvalue weighted by Crippen LogP contribution is -2.56. The zero-order valence-corrected chi connectivity index (χ0v) is 13.4. The summed E-state index contributed by atoms with van der Waals surface area (Å²) in [7, 11) is 0. The number of alkyl halides is 6. The number of nitro benzene ring substituents is 2. The SMILES string of the molecule is O=[N+]([O-])c1ccc(N/N=C/C=C/CC(O)(C(F)(F)F)C(F)(F)F)c([N+](=O)[O-])c1. The highest BCUT2D eigenvalue weighted by Gasteiger charge is 2.69. The van der Waals surface area contributed by atoms with Crippen molar-refractivity contribution in [2.24, 2.45) is 5.10 Å². The van der Waals surface area contributed by atoms with E-state index >= 15 is 0 Å². The van der Waals surface area contributed by atoms with Crippen molar-refractivity contribution in [2.45, 2.75) is 24.4 Å². The number of nitro groups is 2. The Labute approximate surface area is 151 Å². The number of hydrogen-bond acceptors (Lipinski definition) is 7. The van der Waals surface area contributed by atoms with Crippen molar-refractivity contribution in [1.82, 2.24) is 0 Å². The van der Waals surface area contributed by atoms with E-state index < -0.39 is 45.6 Å². The van der Waals surface area contributed by atoms with E-state index in [9.17, 15) is 46.6 Å². The summed E-state index contributed by atoms with van der Waals surface area (Å²) in [6.07, 6.45) is -12.1. The summed E-state index contributed by atoms with van der Waals surface area (Å²) in [5, 5.41) is 33.7. The van der Waals surface area contributed by atoms with Gasteiger partial charge in [0.2, 0.25) is 0 Å². The van der Waals surface area contributed by atoms with Gasteiger partial charge in [-0.05, 0) is 12.1 Å². The maximum Gasteiger partial charge on any atom is 0.426 e. The van der Waals surface area contributed by atoms with Crippen LogP contribution in [0.25, 0.3) is 0 Å². The largest absolute Gasteiger partial charge is 0.426 e. The molecule has 0 unspecified atom stereocenters. The first kappa shape index (κ1) is 22.8. The van der Waals surface area contributed by atoms with E-state index in [1.54, 1.807) is 0 Å². The molecule has 0 amide bonds. The van der Waals surface area contributed by atoms with Crippen molar-refractivity contribution < 1.29 is 41.3 Å². The normalized spacial score (nSPS) is 13.2. The summed E-state index contributed by atoms with van der Waals surface area (Å²) in [6, 6.07) is 2.47. The molecule has 0 aliphatic heterocycles. The first-order valence-corrected chi connectivity index (χ1v) is 6.93. The zero-order valence-electron chi connectivity index (χ0n) is 13.4. The van der Waals surface area contributed by atoms with E-state index in [-0.39, 0.29) is 5.69 Å². The first-order valence-electron chi connectivity index (χ1n) is 6.93. The number of halogens is 6. The molecule has 15 heteroatoms. The molecular formula is C13H10F6N4O5. The van der Waals surface area contributed by atoms with Crippen LogP contribution in [0.2, 0.25) is 0 Å². The molecule has 1 aromatic rings. The Morgan fingerprint density at radius 2 is 1.64 bits per heavy atom. The Balaban J connectivity index is 2.87. The van der Waals surface area contributed by atoms with Crippen molar-refractivity contribution in [3.05, 3.63) is 50.6 Å². The molecule has 1 rings (SSSR count). The average Bonchev–Trinajstić information content (AvgIpc) is 2.55. The highest BCUT2D eigenvalue weighted by Crippen LogP contribution is 2.45. The van der Waals surface area contributed by atoms with Gasteiger partial charge in [-0.15, -0.1) is 0 Å². The van der Waals surface area contributed by atoms with Crippen LogP contribution in [0.1, 0.15) is 6.42 Å². The van der Waals surface area contributed by atoms with Crippen LogP contribution in [0.5, 0.6) is 0 Å². The van der Waals surface area contributed by atoms with Gasteiger partial charge in [-0.25, -0.2) is 0 Å². The van der Waals surface area contributed by atoms with Crippen LogP contribution in [-0.2, 0) is 0 Å². The number of nitrogens with zero attached hydrogens (tertiary/aromatic N) is 3. The Morgan fingerprint density at radius 1 is 1.07 bits per heavy atom. The molecule has 28 heavy (non-hydrogen) atoms. The minimum absolute atomic E-state index is 0.317. The monoisotopic (exact) mass is 416 g/mol. The minimum Gasteiger partial charge on any atom is -0.373 e. The number of aliphatic hydroxyl groups is 1. The molecule has 0 saturated carbocycles. The second-order valence-electron chi connectivity index (χ2n) is 5.09. The van der Waals surface area contributed by atoms with Gasteiger partial charge in [0.25, 0.3) is 11.3 Å². The maximum atomic E-state index is 12.4. The van der Waals surface area contributed by atoms with Gasteiger partial charge >= 0.3 is 18.0 Å². The molecule has 0 radical (unpaired) electrons. The predicted octanol–water partition coefficient (Wildman–Crippen LogP) is 3.70. The molecule has 1 aromatic carbocycles. The fourth-order valence-electron chi connectivity index (χ4n) is 1.72. The van der Waals surface area contributed by atoms with Crippen molar-refractivity contribution >= 4 is 23.3 Å². The number of benzene rings is 1. The molecule has 2 N–H and O–H groups in total. The van der Waals surface area contributed by atoms with Crippen LogP contribution in [0.15, 0.2) is 35.5 Å². The Hall–Kier alpha value is -3.23. The van der Waals surface area contributed by atoms with E-state index in [0.29, 0.717) is 24.4 Å². The summed E-state index contributed by atoms with van der Waals surface area (Å²) < 4.78 is 74.7. The number of non-ortho nitro benzene ring substituents is 1. The molecule has 0 aliphatic carbocycles. The molecule has 0 saturated heterocycles. The number of allylic oxidation sites excluding steroid dienone is 1. The van der Waals surface area contributed by atoms with Crippen molar-refractivity contribution in [2.75, 3.05) is 5.43 Å².